The van der Waals surface area contributed by atoms with Gasteiger partial charge in [-0.1, -0.05) is 46.5 Å². The standard InChI is InChI=1S/C19H14Cl2N2O5/c1-28-19(27)16-8-13(11-4-2-3-5-12(11)18(25)26)17-14(21)6-10(20)7-15(17)23(16)22-9-24/h2-7,13,16H,8H2,1H3,(H,25,26)/t13-,16-/m1/s1. The lowest BCUT2D eigenvalue weighted by molar-refractivity contribution is -0.142. The van der Waals surface area contributed by atoms with Crippen molar-refractivity contribution in [2.24, 2.45) is 5.10 Å². The van der Waals surface area contributed by atoms with E-state index in [1.54, 1.807) is 18.2 Å². The van der Waals surface area contributed by atoms with Crippen molar-refractivity contribution in [1.29, 1.82) is 0 Å². The Morgan fingerprint density at radius 2 is 2.00 bits per heavy atom. The van der Waals surface area contributed by atoms with Crippen LogP contribution in [0.2, 0.25) is 10.0 Å². The molecule has 1 N–H and O–H groups in total. The van der Waals surface area contributed by atoms with E-state index >= 15 is 0 Å². The number of carbonyl (C=O) groups excluding carboxylic acids is 2. The average molecular weight is 421 g/mol. The molecule has 0 amide bonds. The molecule has 2 aromatic carbocycles. The Hall–Kier alpha value is -2.86. The Morgan fingerprint density at radius 1 is 1.29 bits per heavy atom. The highest BCUT2D eigenvalue weighted by molar-refractivity contribution is 6.35. The summed E-state index contributed by atoms with van der Waals surface area (Å²) in [5.74, 6) is -2.31. The van der Waals surface area contributed by atoms with E-state index in [9.17, 15) is 19.5 Å². The minimum Gasteiger partial charge on any atom is -0.478 e. The number of anilines is 1. The number of esters is 1. The summed E-state index contributed by atoms with van der Waals surface area (Å²) in [5, 5.41) is 14.9. The molecule has 28 heavy (non-hydrogen) atoms. The van der Waals surface area contributed by atoms with E-state index in [-0.39, 0.29) is 22.0 Å². The number of hydrogen-bond donors (Lipinski definition) is 1. The molecule has 0 fully saturated rings. The number of ether oxygens (including phenoxy) is 1. The summed E-state index contributed by atoms with van der Waals surface area (Å²) in [6, 6.07) is 8.49. The molecule has 2 aromatic rings. The molecule has 1 aliphatic rings. The number of halogens is 2. The van der Waals surface area contributed by atoms with E-state index in [2.05, 4.69) is 5.10 Å². The van der Waals surface area contributed by atoms with Gasteiger partial charge in [0.15, 0.2) is 6.04 Å². The van der Waals surface area contributed by atoms with Crippen LogP contribution in [-0.2, 0) is 14.3 Å². The largest absolute Gasteiger partial charge is 0.478 e. The number of methoxy groups -OCH3 is 1. The first-order valence-corrected chi connectivity index (χ1v) is 8.90. The number of isocyanates is 1. The minimum absolute atomic E-state index is 0.0837. The molecular formula is C19H14Cl2N2O5. The molecule has 0 saturated heterocycles. The molecule has 0 spiro atoms. The van der Waals surface area contributed by atoms with Crippen LogP contribution >= 0.6 is 23.2 Å². The summed E-state index contributed by atoms with van der Waals surface area (Å²) in [5.41, 5.74) is 1.39. The Bertz CT molecular complexity index is 1000. The van der Waals surface area contributed by atoms with Gasteiger partial charge in [0.2, 0.25) is 0 Å². The molecule has 1 aliphatic heterocycles. The van der Waals surface area contributed by atoms with Crippen molar-refractivity contribution in [2.75, 3.05) is 12.1 Å². The van der Waals surface area contributed by atoms with Gasteiger partial charge in [-0.05, 0) is 30.2 Å². The molecule has 0 aromatic heterocycles. The van der Waals surface area contributed by atoms with Gasteiger partial charge in [0.1, 0.15) is 0 Å². The van der Waals surface area contributed by atoms with E-state index in [1.807, 2.05) is 0 Å². The van der Waals surface area contributed by atoms with Crippen LogP contribution in [0.4, 0.5) is 5.69 Å². The fraction of sp³-hybridized carbons (Fsp3) is 0.211. The Kier molecular flexibility index (Phi) is 5.70. The summed E-state index contributed by atoms with van der Waals surface area (Å²) >= 11 is 12.6. The van der Waals surface area contributed by atoms with Crippen molar-refractivity contribution in [3.05, 3.63) is 63.1 Å². The van der Waals surface area contributed by atoms with Crippen LogP contribution in [0, 0.1) is 0 Å². The second-order valence-electron chi connectivity index (χ2n) is 6.08. The van der Waals surface area contributed by atoms with Gasteiger partial charge in [0.25, 0.3) is 6.08 Å². The topological polar surface area (TPSA) is 96.3 Å². The van der Waals surface area contributed by atoms with Crippen molar-refractivity contribution in [3.63, 3.8) is 0 Å². The smallest absolute Gasteiger partial charge is 0.335 e. The molecule has 0 saturated carbocycles. The van der Waals surface area contributed by atoms with Gasteiger partial charge < -0.3 is 9.84 Å². The molecule has 9 heteroatoms. The van der Waals surface area contributed by atoms with Gasteiger partial charge in [-0.2, -0.15) is 0 Å². The average Bonchev–Trinajstić information content (AvgIpc) is 2.67. The second-order valence-corrected chi connectivity index (χ2v) is 6.92. The van der Waals surface area contributed by atoms with Gasteiger partial charge in [-0.25, -0.2) is 19.4 Å². The highest BCUT2D eigenvalue weighted by Gasteiger charge is 2.41. The normalized spacial score (nSPS) is 18.0. The number of fused-ring (bicyclic) bond motifs is 1. The van der Waals surface area contributed by atoms with E-state index in [0.717, 1.165) is 5.01 Å². The van der Waals surface area contributed by atoms with Crippen LogP contribution in [0.25, 0.3) is 0 Å². The number of nitrogens with zero attached hydrogens (tertiary/aromatic N) is 2. The summed E-state index contributed by atoms with van der Waals surface area (Å²) in [4.78, 5) is 35.1. The predicted octanol–water partition coefficient (Wildman–Crippen LogP) is 3.83. The number of hydrogen-bond acceptors (Lipinski definition) is 6. The lowest BCUT2D eigenvalue weighted by Gasteiger charge is -2.38. The van der Waals surface area contributed by atoms with Gasteiger partial charge >= 0.3 is 11.9 Å². The van der Waals surface area contributed by atoms with E-state index in [4.69, 9.17) is 27.9 Å². The first-order valence-electron chi connectivity index (χ1n) is 8.15. The predicted molar refractivity (Wildman–Crippen MR) is 103 cm³/mol. The van der Waals surface area contributed by atoms with E-state index < -0.39 is 23.9 Å². The Balaban J connectivity index is 2.31. The third-order valence-corrected chi connectivity index (χ3v) is 5.14. The van der Waals surface area contributed by atoms with Crippen molar-refractivity contribution in [3.8, 4) is 0 Å². The molecule has 2 atom stereocenters. The Labute approximate surface area is 170 Å². The second kappa shape index (κ2) is 8.02. The van der Waals surface area contributed by atoms with Crippen LogP contribution < -0.4 is 5.01 Å². The molecule has 3 rings (SSSR count). The molecule has 0 radical (unpaired) electrons. The third-order valence-electron chi connectivity index (χ3n) is 4.61. The Morgan fingerprint density at radius 3 is 2.64 bits per heavy atom. The first kappa shape index (κ1) is 19.9. The number of hydrazone groups is 1. The highest BCUT2D eigenvalue weighted by atomic mass is 35.5. The molecule has 1 heterocycles. The highest BCUT2D eigenvalue weighted by Crippen LogP contribution is 2.47. The van der Waals surface area contributed by atoms with Gasteiger partial charge in [-0.3, -0.25) is 0 Å². The minimum atomic E-state index is -1.11. The summed E-state index contributed by atoms with van der Waals surface area (Å²) in [7, 11) is 1.21. The first-order chi connectivity index (χ1) is 13.4. The van der Waals surface area contributed by atoms with Crippen molar-refractivity contribution >= 4 is 46.9 Å². The lowest BCUT2D eigenvalue weighted by Crippen LogP contribution is -2.43. The molecule has 0 bridgehead atoms. The number of aromatic carboxylic acids is 1. The van der Waals surface area contributed by atoms with Crippen LogP contribution in [0.1, 0.15) is 33.8 Å². The number of carboxylic acids is 1. The zero-order valence-electron chi connectivity index (χ0n) is 14.6. The van der Waals surface area contributed by atoms with Crippen molar-refractivity contribution in [2.45, 2.75) is 18.4 Å². The lowest BCUT2D eigenvalue weighted by atomic mass is 9.79. The van der Waals surface area contributed by atoms with Gasteiger partial charge in [0, 0.05) is 21.5 Å². The zero-order chi connectivity index (χ0) is 20.4. The van der Waals surface area contributed by atoms with Crippen molar-refractivity contribution < 1.29 is 24.2 Å². The molecule has 144 valence electrons. The van der Waals surface area contributed by atoms with Crippen molar-refractivity contribution in [1.82, 2.24) is 0 Å². The number of benzene rings is 2. The van der Waals surface area contributed by atoms with E-state index in [0.29, 0.717) is 16.8 Å². The zero-order valence-corrected chi connectivity index (χ0v) is 16.1. The molecule has 7 nitrogen and oxygen atoms in total. The maximum Gasteiger partial charge on any atom is 0.335 e. The fourth-order valence-electron chi connectivity index (χ4n) is 3.49. The fourth-order valence-corrected chi connectivity index (χ4v) is 4.11. The van der Waals surface area contributed by atoms with Gasteiger partial charge in [-0.15, -0.1) is 0 Å². The van der Waals surface area contributed by atoms with Gasteiger partial charge in [0.05, 0.1) is 18.4 Å². The maximum absolute atomic E-state index is 12.4. The van der Waals surface area contributed by atoms with Crippen LogP contribution in [-0.4, -0.2) is 36.3 Å². The van der Waals surface area contributed by atoms with Crippen LogP contribution in [0.3, 0.4) is 0 Å². The molecular weight excluding hydrogens is 407 g/mol. The number of carboxylic acid groups (broad SMARTS) is 1. The summed E-state index contributed by atoms with van der Waals surface area (Å²) in [6.45, 7) is 0. The number of rotatable bonds is 4. The van der Waals surface area contributed by atoms with Crippen LogP contribution in [0.15, 0.2) is 41.5 Å². The quantitative estimate of drug-likeness (QED) is 0.458. The third kappa shape index (κ3) is 3.47. The maximum atomic E-state index is 12.4. The number of carbonyl (C=O) groups is 2. The summed E-state index contributed by atoms with van der Waals surface area (Å²) in [6.07, 6.45) is 1.52. The SMILES string of the molecule is COC(=O)[C@H]1C[C@H](c2ccccc2C(=O)O)c2c(Cl)cc(Cl)cc2N1N=C=O. The van der Waals surface area contributed by atoms with E-state index in [1.165, 1.54) is 31.4 Å². The molecule has 0 aliphatic carbocycles. The summed E-state index contributed by atoms with van der Waals surface area (Å²) < 4.78 is 4.85. The molecule has 0 unspecified atom stereocenters. The monoisotopic (exact) mass is 420 g/mol. The van der Waals surface area contributed by atoms with Crippen LogP contribution in [0.5, 0.6) is 0 Å².